The molecule has 0 radical (unpaired) electrons. The van der Waals surface area contributed by atoms with E-state index in [0.717, 1.165) is 0 Å². The molecule has 70 valence electrons. The van der Waals surface area contributed by atoms with E-state index in [4.69, 9.17) is 4.74 Å². The van der Waals surface area contributed by atoms with Gasteiger partial charge >= 0.3 is 11.9 Å². The first-order valence-electron chi connectivity index (χ1n) is 4.24. The van der Waals surface area contributed by atoms with Gasteiger partial charge in [-0.2, -0.15) is 0 Å². The van der Waals surface area contributed by atoms with Crippen molar-refractivity contribution in [2.24, 2.45) is 11.8 Å². The Morgan fingerprint density at radius 1 is 1.38 bits per heavy atom. The van der Waals surface area contributed by atoms with Gasteiger partial charge in [-0.3, -0.25) is 9.59 Å². The van der Waals surface area contributed by atoms with E-state index in [1.807, 2.05) is 13.0 Å². The van der Waals surface area contributed by atoms with Gasteiger partial charge in [0.15, 0.2) is 0 Å². The summed E-state index contributed by atoms with van der Waals surface area (Å²) in [6.07, 6.45) is 3.31. The smallest absolute Gasteiger partial charge is 0.320 e. The summed E-state index contributed by atoms with van der Waals surface area (Å²) in [6, 6.07) is 0. The summed E-state index contributed by atoms with van der Waals surface area (Å²) in [7, 11) is 0. The fourth-order valence-electron chi connectivity index (χ4n) is 1.77. The number of fused-ring (bicyclic) bond motifs is 1. The topological polar surface area (TPSA) is 52.6 Å². The number of cyclic esters (lactones) is 2. The van der Waals surface area contributed by atoms with Crippen molar-refractivity contribution in [3.05, 3.63) is 12.2 Å². The van der Waals surface area contributed by atoms with Crippen molar-refractivity contribution in [2.75, 3.05) is 6.61 Å². The molecule has 2 heterocycles. The lowest BCUT2D eigenvalue weighted by molar-refractivity contribution is -0.156. The molecular weight excluding hydrogens is 172 g/mol. The summed E-state index contributed by atoms with van der Waals surface area (Å²) in [5, 5.41) is 0. The summed E-state index contributed by atoms with van der Waals surface area (Å²) in [4.78, 5) is 22.3. The Labute approximate surface area is 75.5 Å². The number of rotatable bonds is 1. The van der Waals surface area contributed by atoms with Gasteiger partial charge < -0.3 is 9.47 Å². The Bertz CT molecular complexity index is 281. The number of esters is 2. The molecule has 2 aliphatic rings. The van der Waals surface area contributed by atoms with Crippen LogP contribution in [0, 0.1) is 11.8 Å². The van der Waals surface area contributed by atoms with Crippen molar-refractivity contribution in [3.8, 4) is 0 Å². The van der Waals surface area contributed by atoms with E-state index in [2.05, 4.69) is 4.74 Å². The first-order chi connectivity index (χ1) is 6.24. The van der Waals surface area contributed by atoms with E-state index >= 15 is 0 Å². The minimum atomic E-state index is -0.449. The molecule has 0 aromatic rings. The van der Waals surface area contributed by atoms with E-state index in [1.54, 1.807) is 6.08 Å². The normalized spacial score (nSPS) is 38.4. The van der Waals surface area contributed by atoms with Gasteiger partial charge in [0.2, 0.25) is 0 Å². The van der Waals surface area contributed by atoms with Crippen LogP contribution < -0.4 is 0 Å². The van der Waals surface area contributed by atoms with Crippen molar-refractivity contribution in [1.29, 1.82) is 0 Å². The third-order valence-corrected chi connectivity index (χ3v) is 2.41. The van der Waals surface area contributed by atoms with Crippen LogP contribution in [0.4, 0.5) is 0 Å². The molecule has 4 heteroatoms. The second-order valence-corrected chi connectivity index (χ2v) is 3.20. The minimum Gasteiger partial charge on any atom is -0.393 e. The van der Waals surface area contributed by atoms with Crippen LogP contribution in [0.3, 0.4) is 0 Å². The monoisotopic (exact) mass is 182 g/mol. The van der Waals surface area contributed by atoms with Crippen LogP contribution in [0.25, 0.3) is 0 Å². The Morgan fingerprint density at radius 2 is 2.15 bits per heavy atom. The lowest BCUT2D eigenvalue weighted by Gasteiger charge is -2.07. The largest absolute Gasteiger partial charge is 0.393 e. The third-order valence-electron chi connectivity index (χ3n) is 2.41. The molecule has 2 aliphatic heterocycles. The van der Waals surface area contributed by atoms with Gasteiger partial charge in [-0.15, -0.1) is 0 Å². The highest BCUT2D eigenvalue weighted by atomic mass is 16.6. The first-order valence-corrected chi connectivity index (χ1v) is 4.24. The lowest BCUT2D eigenvalue weighted by atomic mass is 9.93. The van der Waals surface area contributed by atoms with Crippen LogP contribution in [0.1, 0.15) is 6.92 Å². The number of ether oxygens (including phenoxy) is 2. The maximum atomic E-state index is 11.2. The first kappa shape index (κ1) is 8.44. The quantitative estimate of drug-likeness (QED) is 0.332. The molecule has 0 aromatic carbocycles. The molecule has 3 unspecified atom stereocenters. The zero-order valence-electron chi connectivity index (χ0n) is 7.23. The molecule has 4 nitrogen and oxygen atoms in total. The van der Waals surface area contributed by atoms with Crippen molar-refractivity contribution in [2.45, 2.75) is 13.0 Å². The Balaban J connectivity index is 2.22. The van der Waals surface area contributed by atoms with Gasteiger partial charge in [-0.25, -0.2) is 0 Å². The van der Waals surface area contributed by atoms with Crippen LogP contribution in [0.5, 0.6) is 0 Å². The SMILES string of the molecule is C/C=C\C1OCC2C(=O)OC(=O)C12. The van der Waals surface area contributed by atoms with Crippen molar-refractivity contribution < 1.29 is 19.1 Å². The van der Waals surface area contributed by atoms with Crippen molar-refractivity contribution in [1.82, 2.24) is 0 Å². The summed E-state index contributed by atoms with van der Waals surface area (Å²) >= 11 is 0. The summed E-state index contributed by atoms with van der Waals surface area (Å²) in [5.41, 5.74) is 0. The summed E-state index contributed by atoms with van der Waals surface area (Å²) in [5.74, 6) is -1.69. The Morgan fingerprint density at radius 3 is 2.85 bits per heavy atom. The molecule has 0 amide bonds. The molecule has 0 aromatic heterocycles. The van der Waals surface area contributed by atoms with E-state index in [0.29, 0.717) is 6.61 Å². The van der Waals surface area contributed by atoms with Gasteiger partial charge in [-0.05, 0) is 6.92 Å². The zero-order chi connectivity index (χ0) is 9.42. The second-order valence-electron chi connectivity index (χ2n) is 3.20. The molecule has 13 heavy (non-hydrogen) atoms. The summed E-state index contributed by atoms with van der Waals surface area (Å²) in [6.45, 7) is 2.14. The standard InChI is InChI=1S/C9H10O4/c1-2-3-6-7-5(4-12-6)8(10)13-9(7)11/h2-3,5-7H,4H2,1H3/b3-2-. The van der Waals surface area contributed by atoms with Crippen LogP contribution in [-0.4, -0.2) is 24.6 Å². The van der Waals surface area contributed by atoms with E-state index < -0.39 is 17.9 Å². The molecule has 2 rings (SSSR count). The molecule has 0 aliphatic carbocycles. The lowest BCUT2D eigenvalue weighted by Crippen LogP contribution is -2.21. The predicted molar refractivity (Wildman–Crippen MR) is 42.6 cm³/mol. The van der Waals surface area contributed by atoms with Crippen LogP contribution >= 0.6 is 0 Å². The second kappa shape index (κ2) is 2.96. The van der Waals surface area contributed by atoms with Gasteiger partial charge in [0.25, 0.3) is 0 Å². The molecule has 0 spiro atoms. The average molecular weight is 182 g/mol. The van der Waals surface area contributed by atoms with E-state index in [9.17, 15) is 9.59 Å². The molecule has 0 saturated carbocycles. The minimum absolute atomic E-state index is 0.283. The van der Waals surface area contributed by atoms with Crippen molar-refractivity contribution in [3.63, 3.8) is 0 Å². The number of hydrogen-bond donors (Lipinski definition) is 0. The molecule has 2 fully saturated rings. The Hall–Kier alpha value is -1.16. The van der Waals surface area contributed by atoms with Gasteiger partial charge in [0, 0.05) is 0 Å². The van der Waals surface area contributed by atoms with Gasteiger partial charge in [-0.1, -0.05) is 12.2 Å². The molecule has 2 saturated heterocycles. The van der Waals surface area contributed by atoms with E-state index in [-0.39, 0.29) is 12.0 Å². The van der Waals surface area contributed by atoms with E-state index in [1.165, 1.54) is 0 Å². The zero-order valence-corrected chi connectivity index (χ0v) is 7.23. The number of allylic oxidation sites excluding steroid dienone is 1. The van der Waals surface area contributed by atoms with Gasteiger partial charge in [0.1, 0.15) is 5.92 Å². The molecule has 0 bridgehead atoms. The molecule has 0 N–H and O–H groups in total. The Kier molecular flexibility index (Phi) is 1.92. The maximum Gasteiger partial charge on any atom is 0.320 e. The highest BCUT2D eigenvalue weighted by Gasteiger charge is 2.52. The maximum absolute atomic E-state index is 11.2. The molecule has 3 atom stereocenters. The number of carbonyl (C=O) groups is 2. The summed E-state index contributed by atoms with van der Waals surface area (Å²) < 4.78 is 9.81. The number of carbonyl (C=O) groups excluding carboxylic acids is 2. The average Bonchev–Trinajstić information content (AvgIpc) is 2.58. The van der Waals surface area contributed by atoms with Crippen LogP contribution in [-0.2, 0) is 19.1 Å². The highest BCUT2D eigenvalue weighted by Crippen LogP contribution is 2.35. The fourth-order valence-corrected chi connectivity index (χ4v) is 1.77. The third kappa shape index (κ3) is 1.18. The fraction of sp³-hybridized carbons (Fsp3) is 0.556. The van der Waals surface area contributed by atoms with Crippen LogP contribution in [0.2, 0.25) is 0 Å². The van der Waals surface area contributed by atoms with Crippen LogP contribution in [0.15, 0.2) is 12.2 Å². The predicted octanol–water partition coefficient (Wildman–Crippen LogP) is 0.277. The molecular formula is C9H10O4. The highest BCUT2D eigenvalue weighted by molar-refractivity contribution is 5.97. The van der Waals surface area contributed by atoms with Gasteiger partial charge in [0.05, 0.1) is 18.6 Å². The van der Waals surface area contributed by atoms with Crippen molar-refractivity contribution >= 4 is 11.9 Å². The number of hydrogen-bond acceptors (Lipinski definition) is 4.